The van der Waals surface area contributed by atoms with Crippen LogP contribution in [-0.4, -0.2) is 13.7 Å². The fraction of sp³-hybridized carbons (Fsp3) is 0.647. The molecule has 0 saturated heterocycles. The number of hydrogen-bond donors (Lipinski definition) is 1. The normalized spacial score (nSPS) is 19.1. The molecule has 112 valence electrons. The standard InChI is InChI=1S/C17H26ClNO/c1-20-16-8-7-15(18)11-14(16)12-17(13-19)9-5-3-2-4-6-10-17/h7-8,11H,2-6,9-10,12-13,19H2,1H3. The molecule has 0 spiro atoms. The lowest BCUT2D eigenvalue weighted by atomic mass is 9.72. The van der Waals surface area contributed by atoms with Crippen LogP contribution in [0.5, 0.6) is 5.75 Å². The molecule has 0 radical (unpaired) electrons. The Bertz CT molecular complexity index is 425. The molecule has 2 N–H and O–H groups in total. The third-order valence-corrected chi connectivity index (χ3v) is 4.89. The molecule has 2 rings (SSSR count). The van der Waals surface area contributed by atoms with Crippen LogP contribution >= 0.6 is 11.6 Å². The first-order valence-electron chi connectivity index (χ1n) is 7.72. The summed E-state index contributed by atoms with van der Waals surface area (Å²) in [6.07, 6.45) is 10.1. The molecule has 0 atom stereocenters. The summed E-state index contributed by atoms with van der Waals surface area (Å²) in [6.45, 7) is 0.753. The lowest BCUT2D eigenvalue weighted by Gasteiger charge is -2.35. The fourth-order valence-electron chi connectivity index (χ4n) is 3.40. The van der Waals surface area contributed by atoms with Crippen LogP contribution in [0.4, 0.5) is 0 Å². The van der Waals surface area contributed by atoms with Crippen LogP contribution < -0.4 is 10.5 Å². The molecule has 0 unspecified atom stereocenters. The van der Waals surface area contributed by atoms with Crippen LogP contribution in [-0.2, 0) is 6.42 Å². The monoisotopic (exact) mass is 295 g/mol. The van der Waals surface area contributed by atoms with E-state index in [1.54, 1.807) is 7.11 Å². The molecule has 1 aliphatic rings. The predicted octanol–water partition coefficient (Wildman–Crippen LogP) is 4.58. The van der Waals surface area contributed by atoms with Gasteiger partial charge in [0.2, 0.25) is 0 Å². The van der Waals surface area contributed by atoms with Gasteiger partial charge in [0.05, 0.1) is 7.11 Å². The van der Waals surface area contributed by atoms with Gasteiger partial charge in [-0.2, -0.15) is 0 Å². The average molecular weight is 296 g/mol. The quantitative estimate of drug-likeness (QED) is 0.882. The minimum absolute atomic E-state index is 0.221. The van der Waals surface area contributed by atoms with Crippen molar-refractivity contribution in [3.05, 3.63) is 28.8 Å². The SMILES string of the molecule is COc1ccc(Cl)cc1CC1(CN)CCCCCCC1. The van der Waals surface area contributed by atoms with Gasteiger partial charge in [-0.25, -0.2) is 0 Å². The highest BCUT2D eigenvalue weighted by atomic mass is 35.5. The highest BCUT2D eigenvalue weighted by Gasteiger charge is 2.30. The van der Waals surface area contributed by atoms with Gasteiger partial charge >= 0.3 is 0 Å². The zero-order valence-electron chi connectivity index (χ0n) is 12.5. The molecule has 0 bridgehead atoms. The van der Waals surface area contributed by atoms with Gasteiger partial charge in [-0.15, -0.1) is 0 Å². The van der Waals surface area contributed by atoms with Crippen LogP contribution in [0.15, 0.2) is 18.2 Å². The minimum Gasteiger partial charge on any atom is -0.496 e. The van der Waals surface area contributed by atoms with Crippen LogP contribution in [0.25, 0.3) is 0 Å². The van der Waals surface area contributed by atoms with Gasteiger partial charge in [-0.3, -0.25) is 0 Å². The van der Waals surface area contributed by atoms with E-state index in [1.165, 1.54) is 50.5 Å². The minimum atomic E-state index is 0.221. The highest BCUT2D eigenvalue weighted by molar-refractivity contribution is 6.30. The second-order valence-electron chi connectivity index (χ2n) is 6.10. The Morgan fingerprint density at radius 3 is 2.40 bits per heavy atom. The number of rotatable bonds is 4. The molecule has 0 amide bonds. The zero-order chi connectivity index (χ0) is 14.4. The van der Waals surface area contributed by atoms with E-state index in [9.17, 15) is 0 Å². The van der Waals surface area contributed by atoms with Crippen molar-refractivity contribution in [1.82, 2.24) is 0 Å². The maximum Gasteiger partial charge on any atom is 0.122 e. The Morgan fingerprint density at radius 2 is 1.80 bits per heavy atom. The Balaban J connectivity index is 2.21. The molecular formula is C17H26ClNO. The van der Waals surface area contributed by atoms with E-state index in [1.807, 2.05) is 18.2 Å². The maximum atomic E-state index is 6.16. The Morgan fingerprint density at radius 1 is 1.15 bits per heavy atom. The fourth-order valence-corrected chi connectivity index (χ4v) is 3.59. The summed E-state index contributed by atoms with van der Waals surface area (Å²) in [6, 6.07) is 5.89. The van der Waals surface area contributed by atoms with E-state index in [4.69, 9.17) is 22.1 Å². The lowest BCUT2D eigenvalue weighted by molar-refractivity contribution is 0.215. The van der Waals surface area contributed by atoms with Crippen molar-refractivity contribution in [3.8, 4) is 5.75 Å². The summed E-state index contributed by atoms with van der Waals surface area (Å²) in [5, 5.41) is 0.777. The van der Waals surface area contributed by atoms with Crippen molar-refractivity contribution >= 4 is 11.6 Å². The summed E-state index contributed by atoms with van der Waals surface area (Å²) in [4.78, 5) is 0. The second kappa shape index (κ2) is 7.33. The molecule has 3 heteroatoms. The number of ether oxygens (including phenoxy) is 1. The number of benzene rings is 1. The average Bonchev–Trinajstić information content (AvgIpc) is 2.42. The van der Waals surface area contributed by atoms with Gasteiger partial charge in [-0.05, 0) is 55.0 Å². The largest absolute Gasteiger partial charge is 0.496 e. The first kappa shape index (κ1) is 15.7. The maximum absolute atomic E-state index is 6.16. The molecule has 2 nitrogen and oxygen atoms in total. The molecule has 1 aliphatic carbocycles. The van der Waals surface area contributed by atoms with Gasteiger partial charge in [-0.1, -0.05) is 43.7 Å². The summed E-state index contributed by atoms with van der Waals surface area (Å²) in [5.74, 6) is 0.935. The van der Waals surface area contributed by atoms with E-state index in [-0.39, 0.29) is 5.41 Å². The van der Waals surface area contributed by atoms with Crippen molar-refractivity contribution in [2.75, 3.05) is 13.7 Å². The van der Waals surface area contributed by atoms with Gasteiger partial charge in [0.15, 0.2) is 0 Å². The number of nitrogens with two attached hydrogens (primary N) is 1. The predicted molar refractivity (Wildman–Crippen MR) is 85.5 cm³/mol. The van der Waals surface area contributed by atoms with E-state index < -0.39 is 0 Å². The van der Waals surface area contributed by atoms with Crippen LogP contribution in [0.1, 0.15) is 50.5 Å². The highest BCUT2D eigenvalue weighted by Crippen LogP contribution is 2.39. The molecule has 1 fully saturated rings. The van der Waals surface area contributed by atoms with Crippen molar-refractivity contribution in [3.63, 3.8) is 0 Å². The van der Waals surface area contributed by atoms with E-state index in [0.29, 0.717) is 0 Å². The lowest BCUT2D eigenvalue weighted by Crippen LogP contribution is -2.33. The number of hydrogen-bond acceptors (Lipinski definition) is 2. The molecule has 1 aromatic carbocycles. The van der Waals surface area contributed by atoms with Crippen LogP contribution in [0.3, 0.4) is 0 Å². The van der Waals surface area contributed by atoms with E-state index in [2.05, 4.69) is 0 Å². The Kier molecular flexibility index (Phi) is 5.74. The first-order valence-corrected chi connectivity index (χ1v) is 8.09. The van der Waals surface area contributed by atoms with Gasteiger partial charge in [0, 0.05) is 5.02 Å². The van der Waals surface area contributed by atoms with E-state index in [0.717, 1.165) is 23.7 Å². The molecule has 0 aliphatic heterocycles. The topological polar surface area (TPSA) is 35.2 Å². The summed E-state index contributed by atoms with van der Waals surface area (Å²) >= 11 is 6.15. The molecule has 0 aromatic heterocycles. The molecule has 1 aromatic rings. The smallest absolute Gasteiger partial charge is 0.122 e. The number of halogens is 1. The second-order valence-corrected chi connectivity index (χ2v) is 6.54. The van der Waals surface area contributed by atoms with E-state index >= 15 is 0 Å². The molecule has 1 saturated carbocycles. The van der Waals surface area contributed by atoms with Crippen LogP contribution in [0.2, 0.25) is 5.02 Å². The summed E-state index contributed by atoms with van der Waals surface area (Å²) in [5.41, 5.74) is 7.58. The van der Waals surface area contributed by atoms with Gasteiger partial charge in [0.1, 0.15) is 5.75 Å². The van der Waals surface area contributed by atoms with Crippen LogP contribution in [0, 0.1) is 5.41 Å². The van der Waals surface area contributed by atoms with Gasteiger partial charge in [0.25, 0.3) is 0 Å². The van der Waals surface area contributed by atoms with Crippen molar-refractivity contribution in [2.45, 2.75) is 51.4 Å². The molecular weight excluding hydrogens is 270 g/mol. The Labute approximate surface area is 127 Å². The van der Waals surface area contributed by atoms with Gasteiger partial charge < -0.3 is 10.5 Å². The van der Waals surface area contributed by atoms with Crippen molar-refractivity contribution < 1.29 is 4.74 Å². The summed E-state index contributed by atoms with van der Waals surface area (Å²) < 4.78 is 5.49. The molecule has 0 heterocycles. The number of methoxy groups -OCH3 is 1. The summed E-state index contributed by atoms with van der Waals surface area (Å²) in [7, 11) is 1.72. The van der Waals surface area contributed by atoms with Crippen molar-refractivity contribution in [1.29, 1.82) is 0 Å². The third kappa shape index (κ3) is 3.89. The zero-order valence-corrected chi connectivity index (χ0v) is 13.2. The Hall–Kier alpha value is -0.730. The van der Waals surface area contributed by atoms with Crippen molar-refractivity contribution in [2.24, 2.45) is 11.1 Å². The molecule has 20 heavy (non-hydrogen) atoms. The third-order valence-electron chi connectivity index (χ3n) is 4.66. The first-order chi connectivity index (χ1) is 9.69.